The van der Waals surface area contributed by atoms with Crippen molar-refractivity contribution in [2.75, 3.05) is 26.1 Å². The number of amides is 1. The number of aromatic carboxylic acids is 1. The van der Waals surface area contributed by atoms with E-state index in [-0.39, 0.29) is 11.3 Å². The highest BCUT2D eigenvalue weighted by Crippen LogP contribution is 2.30. The van der Waals surface area contributed by atoms with Gasteiger partial charge in [-0.2, -0.15) is 0 Å². The maximum atomic E-state index is 12.6. The maximum Gasteiger partial charge on any atom is 0.335 e. The van der Waals surface area contributed by atoms with E-state index in [9.17, 15) is 9.59 Å². The molecule has 2 rings (SSSR count). The lowest BCUT2D eigenvalue weighted by molar-refractivity contribution is 0.0696. The minimum absolute atomic E-state index is 0.0523. The average Bonchev–Trinajstić information content (AvgIpc) is 2.66. The van der Waals surface area contributed by atoms with E-state index >= 15 is 0 Å². The van der Waals surface area contributed by atoms with Crippen molar-refractivity contribution < 1.29 is 28.9 Å². The van der Waals surface area contributed by atoms with Crippen LogP contribution >= 0.6 is 0 Å². The minimum Gasteiger partial charge on any atom is -0.493 e. The molecule has 0 spiro atoms. The summed E-state index contributed by atoms with van der Waals surface area (Å²) in [6, 6.07) is 9.08. The van der Waals surface area contributed by atoms with Gasteiger partial charge in [-0.3, -0.25) is 4.79 Å². The highest BCUT2D eigenvalue weighted by atomic mass is 16.5. The molecule has 0 radical (unpaired) electrons. The van der Waals surface area contributed by atoms with Crippen LogP contribution in [0.25, 0.3) is 0 Å². The molecule has 0 bridgehead atoms. The Hall–Kier alpha value is -3.22. The Kier molecular flexibility index (Phi) is 6.43. The number of rotatable bonds is 8. The summed E-state index contributed by atoms with van der Waals surface area (Å²) in [4.78, 5) is 23.8. The smallest absolute Gasteiger partial charge is 0.335 e. The second-order valence-electron chi connectivity index (χ2n) is 5.39. The number of carbonyl (C=O) groups is 2. The molecule has 0 saturated carbocycles. The summed E-state index contributed by atoms with van der Waals surface area (Å²) in [6.45, 7) is 2.40. The van der Waals surface area contributed by atoms with Gasteiger partial charge < -0.3 is 24.6 Å². The van der Waals surface area contributed by atoms with Crippen LogP contribution in [0.2, 0.25) is 0 Å². The number of anilines is 1. The summed E-state index contributed by atoms with van der Waals surface area (Å²) >= 11 is 0. The zero-order valence-corrected chi connectivity index (χ0v) is 14.9. The minimum atomic E-state index is -1.09. The van der Waals surface area contributed by atoms with Crippen molar-refractivity contribution in [3.05, 3.63) is 47.5 Å². The Balaban J connectivity index is 2.31. The lowest BCUT2D eigenvalue weighted by atomic mass is 10.1. The Labute approximate surface area is 151 Å². The van der Waals surface area contributed by atoms with Crippen LogP contribution in [0.5, 0.6) is 17.2 Å². The molecule has 0 fully saturated rings. The first-order valence-corrected chi connectivity index (χ1v) is 8.03. The third-order valence-corrected chi connectivity index (χ3v) is 3.58. The van der Waals surface area contributed by atoms with Gasteiger partial charge in [-0.1, -0.05) is 6.92 Å². The Morgan fingerprint density at radius 3 is 2.23 bits per heavy atom. The molecule has 0 saturated heterocycles. The zero-order valence-electron chi connectivity index (χ0n) is 14.9. The van der Waals surface area contributed by atoms with Crippen molar-refractivity contribution in [2.45, 2.75) is 13.3 Å². The highest BCUT2D eigenvalue weighted by molar-refractivity contribution is 6.06. The molecule has 2 N–H and O–H groups in total. The molecule has 2 aromatic rings. The molecule has 0 aliphatic heterocycles. The van der Waals surface area contributed by atoms with Gasteiger partial charge in [0.1, 0.15) is 5.75 Å². The summed E-state index contributed by atoms with van der Waals surface area (Å²) in [5.41, 5.74) is 0.680. The number of methoxy groups -OCH3 is 2. The zero-order chi connectivity index (χ0) is 19.1. The Morgan fingerprint density at radius 1 is 0.962 bits per heavy atom. The molecule has 0 aliphatic rings. The van der Waals surface area contributed by atoms with Crippen LogP contribution in [0, 0.1) is 0 Å². The van der Waals surface area contributed by atoms with Gasteiger partial charge in [0.2, 0.25) is 0 Å². The number of ether oxygens (including phenoxy) is 3. The van der Waals surface area contributed by atoms with E-state index in [2.05, 4.69) is 5.32 Å². The predicted octanol–water partition coefficient (Wildman–Crippen LogP) is 3.44. The van der Waals surface area contributed by atoms with Crippen LogP contribution in [-0.2, 0) is 0 Å². The van der Waals surface area contributed by atoms with E-state index in [0.717, 1.165) is 6.42 Å². The second kappa shape index (κ2) is 8.75. The number of carboxylic acid groups (broad SMARTS) is 1. The SMILES string of the molecule is CCCOc1ccc(C(=O)O)cc1NC(=O)c1ccc(OC)c(OC)c1. The van der Waals surface area contributed by atoms with Crippen molar-refractivity contribution in [1.82, 2.24) is 0 Å². The van der Waals surface area contributed by atoms with E-state index < -0.39 is 11.9 Å². The molecule has 7 nitrogen and oxygen atoms in total. The molecule has 2 aromatic carbocycles. The second-order valence-corrected chi connectivity index (χ2v) is 5.39. The third-order valence-electron chi connectivity index (χ3n) is 3.58. The molecule has 0 atom stereocenters. The maximum absolute atomic E-state index is 12.6. The first kappa shape index (κ1) is 19.1. The highest BCUT2D eigenvalue weighted by Gasteiger charge is 2.15. The lowest BCUT2D eigenvalue weighted by Gasteiger charge is -2.14. The predicted molar refractivity (Wildman–Crippen MR) is 96.7 cm³/mol. The number of hydrogen-bond acceptors (Lipinski definition) is 5. The molecular formula is C19H21NO6. The van der Waals surface area contributed by atoms with Crippen LogP contribution in [0.1, 0.15) is 34.1 Å². The van der Waals surface area contributed by atoms with Gasteiger partial charge in [0.15, 0.2) is 11.5 Å². The molecular weight excluding hydrogens is 338 g/mol. The number of carbonyl (C=O) groups excluding carboxylic acids is 1. The van der Waals surface area contributed by atoms with Crippen LogP contribution in [0.4, 0.5) is 5.69 Å². The summed E-state index contributed by atoms with van der Waals surface area (Å²) in [5, 5.41) is 11.9. The van der Waals surface area contributed by atoms with Gasteiger partial charge in [-0.15, -0.1) is 0 Å². The monoisotopic (exact) mass is 359 g/mol. The van der Waals surface area contributed by atoms with E-state index in [0.29, 0.717) is 29.4 Å². The molecule has 26 heavy (non-hydrogen) atoms. The topological polar surface area (TPSA) is 94.1 Å². The van der Waals surface area contributed by atoms with Gasteiger partial charge >= 0.3 is 5.97 Å². The molecule has 138 valence electrons. The van der Waals surface area contributed by atoms with Crippen LogP contribution in [0.15, 0.2) is 36.4 Å². The van der Waals surface area contributed by atoms with Gasteiger partial charge in [0, 0.05) is 5.56 Å². The standard InChI is InChI=1S/C19H21NO6/c1-4-9-26-15-7-6-13(19(22)23)10-14(15)20-18(21)12-5-8-16(24-2)17(11-12)25-3/h5-8,10-11H,4,9H2,1-3H3,(H,20,21)(H,22,23). The van der Waals surface area contributed by atoms with Gasteiger partial charge in [0.25, 0.3) is 5.91 Å². The molecule has 1 amide bonds. The Bertz CT molecular complexity index is 803. The molecule has 0 aliphatic carbocycles. The summed E-state index contributed by atoms with van der Waals surface area (Å²) in [6.07, 6.45) is 0.781. The summed E-state index contributed by atoms with van der Waals surface area (Å²) in [5.74, 6) is -0.181. The molecule has 0 aromatic heterocycles. The Morgan fingerprint density at radius 2 is 1.62 bits per heavy atom. The summed E-state index contributed by atoms with van der Waals surface area (Å²) in [7, 11) is 2.99. The molecule has 7 heteroatoms. The van der Waals surface area contributed by atoms with Crippen LogP contribution in [0.3, 0.4) is 0 Å². The van der Waals surface area contributed by atoms with Gasteiger partial charge in [0.05, 0.1) is 32.1 Å². The van der Waals surface area contributed by atoms with Crippen LogP contribution < -0.4 is 19.5 Å². The van der Waals surface area contributed by atoms with Gasteiger partial charge in [-0.05, 0) is 42.8 Å². The fourth-order valence-corrected chi connectivity index (χ4v) is 2.27. The fraction of sp³-hybridized carbons (Fsp3) is 0.263. The van der Waals surface area contributed by atoms with Crippen molar-refractivity contribution in [2.24, 2.45) is 0 Å². The van der Waals surface area contributed by atoms with Crippen molar-refractivity contribution in [1.29, 1.82) is 0 Å². The normalized spacial score (nSPS) is 10.1. The largest absolute Gasteiger partial charge is 0.493 e. The van der Waals surface area contributed by atoms with E-state index in [4.69, 9.17) is 19.3 Å². The van der Waals surface area contributed by atoms with Crippen molar-refractivity contribution in [3.63, 3.8) is 0 Å². The van der Waals surface area contributed by atoms with Crippen molar-refractivity contribution >= 4 is 17.6 Å². The number of benzene rings is 2. The first-order valence-electron chi connectivity index (χ1n) is 8.03. The van der Waals surface area contributed by atoms with Crippen LogP contribution in [-0.4, -0.2) is 37.8 Å². The van der Waals surface area contributed by atoms with E-state index in [1.54, 1.807) is 18.2 Å². The number of carboxylic acids is 1. The fourth-order valence-electron chi connectivity index (χ4n) is 2.27. The lowest BCUT2D eigenvalue weighted by Crippen LogP contribution is -2.14. The summed E-state index contributed by atoms with van der Waals surface area (Å²) < 4.78 is 15.9. The number of nitrogens with one attached hydrogen (secondary N) is 1. The number of hydrogen-bond donors (Lipinski definition) is 2. The van der Waals surface area contributed by atoms with Crippen molar-refractivity contribution in [3.8, 4) is 17.2 Å². The average molecular weight is 359 g/mol. The van der Waals surface area contributed by atoms with E-state index in [1.165, 1.54) is 32.4 Å². The molecule has 0 heterocycles. The van der Waals surface area contributed by atoms with Gasteiger partial charge in [-0.25, -0.2) is 4.79 Å². The quantitative estimate of drug-likeness (QED) is 0.750. The first-order chi connectivity index (χ1) is 12.5. The third kappa shape index (κ3) is 4.44. The van der Waals surface area contributed by atoms with E-state index in [1.807, 2.05) is 6.92 Å². The molecule has 0 unspecified atom stereocenters.